The van der Waals surface area contributed by atoms with E-state index in [1.807, 2.05) is 6.92 Å². The topological polar surface area (TPSA) is 68.5 Å². The number of hydrogen-bond acceptors (Lipinski definition) is 4. The van der Waals surface area contributed by atoms with Gasteiger partial charge in [-0.05, 0) is 25.8 Å². The highest BCUT2D eigenvalue weighted by Gasteiger charge is 2.36. The minimum atomic E-state index is -4.72. The number of nitrogens with zero attached hydrogens (tertiary/aromatic N) is 3. The molecule has 3 heterocycles. The van der Waals surface area contributed by atoms with Crippen LogP contribution in [0.25, 0.3) is 16.9 Å². The number of hydrogen-bond donors (Lipinski definition) is 1. The predicted octanol–water partition coefficient (Wildman–Crippen LogP) is 4.29. The first-order chi connectivity index (χ1) is 14.2. The third-order valence-electron chi connectivity index (χ3n) is 4.90. The molecular weight excluding hydrogens is 421 g/mol. The maximum Gasteiger partial charge on any atom is 0.433 e. The minimum absolute atomic E-state index is 0.0861. The SMILES string of the molecule is Cc1ccc(-c2cc(C(F)(F)F)n3nc(C(=O)NC[C@H]4CCCO4)c(Cl)c3n2)cc1. The standard InChI is InChI=1S/C20H18ClF3N4O2/c1-11-4-6-12(7-5-11)14-9-15(20(22,23)24)28-18(26-14)16(21)17(27-28)19(29)25-10-13-3-2-8-30-13/h4-7,9,13H,2-3,8,10H2,1H3,(H,25,29)/t13-/m1/s1. The summed E-state index contributed by atoms with van der Waals surface area (Å²) in [4.78, 5) is 16.8. The molecule has 1 N–H and O–H groups in total. The highest BCUT2D eigenvalue weighted by molar-refractivity contribution is 6.36. The minimum Gasteiger partial charge on any atom is -0.376 e. The fourth-order valence-electron chi connectivity index (χ4n) is 3.31. The van der Waals surface area contributed by atoms with Crippen LogP contribution in [0.5, 0.6) is 0 Å². The molecule has 158 valence electrons. The van der Waals surface area contributed by atoms with E-state index in [-0.39, 0.29) is 34.7 Å². The lowest BCUT2D eigenvalue weighted by molar-refractivity contribution is -0.142. The second-order valence-corrected chi connectivity index (χ2v) is 7.51. The Labute approximate surface area is 175 Å². The number of alkyl halides is 3. The Morgan fingerprint density at radius 1 is 1.33 bits per heavy atom. The molecule has 0 spiro atoms. The lowest BCUT2D eigenvalue weighted by Gasteiger charge is -2.11. The van der Waals surface area contributed by atoms with E-state index >= 15 is 0 Å². The van der Waals surface area contributed by atoms with Gasteiger partial charge in [0.15, 0.2) is 17.0 Å². The Hall–Kier alpha value is -2.65. The highest BCUT2D eigenvalue weighted by Crippen LogP contribution is 2.34. The van der Waals surface area contributed by atoms with Crippen LogP contribution in [0.2, 0.25) is 5.02 Å². The molecule has 1 amide bonds. The molecule has 1 aromatic carbocycles. The molecule has 1 saturated heterocycles. The molecule has 0 unspecified atom stereocenters. The van der Waals surface area contributed by atoms with Crippen molar-refractivity contribution in [1.29, 1.82) is 0 Å². The number of aryl methyl sites for hydroxylation is 1. The van der Waals surface area contributed by atoms with Gasteiger partial charge in [0, 0.05) is 18.7 Å². The molecule has 0 aliphatic carbocycles. The van der Waals surface area contributed by atoms with E-state index in [2.05, 4.69) is 15.4 Å². The number of carbonyl (C=O) groups is 1. The Balaban J connectivity index is 1.76. The second kappa shape index (κ2) is 7.88. The number of benzene rings is 1. The summed E-state index contributed by atoms with van der Waals surface area (Å²) in [5.74, 6) is -0.675. The normalized spacial score (nSPS) is 16.9. The monoisotopic (exact) mass is 438 g/mol. The largest absolute Gasteiger partial charge is 0.433 e. The van der Waals surface area contributed by atoms with Crippen LogP contribution in [0.4, 0.5) is 13.2 Å². The first kappa shape index (κ1) is 20.6. The van der Waals surface area contributed by atoms with Crippen molar-refractivity contribution in [3.63, 3.8) is 0 Å². The maximum absolute atomic E-state index is 13.7. The fourth-order valence-corrected chi connectivity index (χ4v) is 3.55. The van der Waals surface area contributed by atoms with Crippen LogP contribution >= 0.6 is 11.6 Å². The Kier molecular flexibility index (Phi) is 5.42. The van der Waals surface area contributed by atoms with Gasteiger partial charge in [0.2, 0.25) is 0 Å². The van der Waals surface area contributed by atoms with E-state index in [4.69, 9.17) is 16.3 Å². The van der Waals surface area contributed by atoms with Gasteiger partial charge in [-0.1, -0.05) is 41.4 Å². The molecule has 30 heavy (non-hydrogen) atoms. The molecule has 10 heteroatoms. The highest BCUT2D eigenvalue weighted by atomic mass is 35.5. The van der Waals surface area contributed by atoms with E-state index in [0.29, 0.717) is 16.7 Å². The quantitative estimate of drug-likeness (QED) is 0.660. The Morgan fingerprint density at radius 3 is 2.70 bits per heavy atom. The summed E-state index contributed by atoms with van der Waals surface area (Å²) in [6, 6.07) is 7.80. The summed E-state index contributed by atoms with van der Waals surface area (Å²) >= 11 is 6.25. The summed E-state index contributed by atoms with van der Waals surface area (Å²) in [5.41, 5.74) is -0.0668. The summed E-state index contributed by atoms with van der Waals surface area (Å²) in [6.45, 7) is 2.73. The van der Waals surface area contributed by atoms with Gasteiger partial charge in [0.1, 0.15) is 5.02 Å². The second-order valence-electron chi connectivity index (χ2n) is 7.13. The van der Waals surface area contributed by atoms with Crippen molar-refractivity contribution in [3.8, 4) is 11.3 Å². The van der Waals surface area contributed by atoms with E-state index in [1.54, 1.807) is 24.3 Å². The number of aromatic nitrogens is 3. The third kappa shape index (κ3) is 3.99. The summed E-state index contributed by atoms with van der Waals surface area (Å²) in [6.07, 6.45) is -3.14. The maximum atomic E-state index is 13.7. The van der Waals surface area contributed by atoms with Gasteiger partial charge in [0.05, 0.1) is 11.8 Å². The molecule has 1 aliphatic rings. The first-order valence-corrected chi connectivity index (χ1v) is 9.75. The van der Waals surface area contributed by atoms with E-state index in [9.17, 15) is 18.0 Å². The molecule has 4 rings (SSSR count). The van der Waals surface area contributed by atoms with Crippen LogP contribution in [0.15, 0.2) is 30.3 Å². The Morgan fingerprint density at radius 2 is 2.07 bits per heavy atom. The number of rotatable bonds is 4. The number of carbonyl (C=O) groups excluding carboxylic acids is 1. The van der Waals surface area contributed by atoms with Crippen molar-refractivity contribution in [1.82, 2.24) is 19.9 Å². The van der Waals surface area contributed by atoms with Crippen LogP contribution in [-0.4, -0.2) is 39.8 Å². The third-order valence-corrected chi connectivity index (χ3v) is 5.25. The van der Waals surface area contributed by atoms with Gasteiger partial charge < -0.3 is 10.1 Å². The zero-order valence-electron chi connectivity index (χ0n) is 16.0. The number of halogens is 4. The molecule has 1 aliphatic heterocycles. The molecular formula is C20H18ClF3N4O2. The van der Waals surface area contributed by atoms with Crippen molar-refractivity contribution < 1.29 is 22.7 Å². The van der Waals surface area contributed by atoms with Crippen LogP contribution in [0, 0.1) is 6.92 Å². The molecule has 0 saturated carbocycles. The van der Waals surface area contributed by atoms with Crippen LogP contribution in [-0.2, 0) is 10.9 Å². The summed E-state index contributed by atoms with van der Waals surface area (Å²) < 4.78 is 47.2. The zero-order chi connectivity index (χ0) is 21.5. The molecule has 3 aromatic rings. The van der Waals surface area contributed by atoms with Gasteiger partial charge in [-0.15, -0.1) is 0 Å². The molecule has 2 aromatic heterocycles. The predicted molar refractivity (Wildman–Crippen MR) is 104 cm³/mol. The summed E-state index contributed by atoms with van der Waals surface area (Å²) in [7, 11) is 0. The van der Waals surface area contributed by atoms with E-state index in [1.165, 1.54) is 0 Å². The number of ether oxygens (including phenoxy) is 1. The van der Waals surface area contributed by atoms with Crippen molar-refractivity contribution in [3.05, 3.63) is 52.3 Å². The van der Waals surface area contributed by atoms with Crippen LogP contribution < -0.4 is 5.32 Å². The van der Waals surface area contributed by atoms with E-state index in [0.717, 1.165) is 24.5 Å². The van der Waals surface area contributed by atoms with Gasteiger partial charge in [-0.25, -0.2) is 9.50 Å². The lowest BCUT2D eigenvalue weighted by Crippen LogP contribution is -2.32. The van der Waals surface area contributed by atoms with Crippen molar-refractivity contribution in [2.24, 2.45) is 0 Å². The average Bonchev–Trinajstić information content (AvgIpc) is 3.33. The first-order valence-electron chi connectivity index (χ1n) is 9.37. The molecule has 1 fully saturated rings. The number of nitrogens with one attached hydrogen (secondary N) is 1. The molecule has 0 bridgehead atoms. The molecule has 0 radical (unpaired) electrons. The van der Waals surface area contributed by atoms with Gasteiger partial charge in [-0.2, -0.15) is 18.3 Å². The van der Waals surface area contributed by atoms with Crippen LogP contribution in [0.1, 0.15) is 34.6 Å². The fraction of sp³-hybridized carbons (Fsp3) is 0.350. The average molecular weight is 439 g/mol. The van der Waals surface area contributed by atoms with Gasteiger partial charge in [0.25, 0.3) is 5.91 Å². The van der Waals surface area contributed by atoms with Crippen molar-refractivity contribution in [2.75, 3.05) is 13.2 Å². The smallest absolute Gasteiger partial charge is 0.376 e. The van der Waals surface area contributed by atoms with Crippen molar-refractivity contribution in [2.45, 2.75) is 32.0 Å². The number of amides is 1. The zero-order valence-corrected chi connectivity index (χ0v) is 16.7. The van der Waals surface area contributed by atoms with Crippen molar-refractivity contribution >= 4 is 23.2 Å². The van der Waals surface area contributed by atoms with E-state index < -0.39 is 17.8 Å². The van der Waals surface area contributed by atoms with Gasteiger partial charge >= 0.3 is 6.18 Å². The van der Waals surface area contributed by atoms with Crippen LogP contribution in [0.3, 0.4) is 0 Å². The summed E-state index contributed by atoms with van der Waals surface area (Å²) in [5, 5.41) is 6.21. The lowest BCUT2D eigenvalue weighted by atomic mass is 10.1. The molecule has 1 atom stereocenters. The number of fused-ring (bicyclic) bond motifs is 1. The Bertz CT molecular complexity index is 1090. The molecule has 6 nitrogen and oxygen atoms in total. The van der Waals surface area contributed by atoms with Gasteiger partial charge in [-0.3, -0.25) is 4.79 Å².